The molecule has 0 saturated heterocycles. The van der Waals surface area contributed by atoms with Gasteiger partial charge in [-0.2, -0.15) is 0 Å². The van der Waals surface area contributed by atoms with Gasteiger partial charge in [0.2, 0.25) is 0 Å². The van der Waals surface area contributed by atoms with Crippen LogP contribution in [0.5, 0.6) is 0 Å². The molecule has 0 bridgehead atoms. The highest BCUT2D eigenvalue weighted by atomic mass is 79.9. The molecule has 0 spiro atoms. The summed E-state index contributed by atoms with van der Waals surface area (Å²) < 4.78 is 5.69. The normalized spacial score (nSPS) is 11.4. The van der Waals surface area contributed by atoms with Gasteiger partial charge in [-0.05, 0) is 24.6 Å². The maximum absolute atomic E-state index is 11.4. The third kappa shape index (κ3) is 4.38. The number of nitrogens with two attached hydrogens (primary N) is 1. The second-order valence-electron chi connectivity index (χ2n) is 3.57. The van der Waals surface area contributed by atoms with Crippen molar-refractivity contribution in [3.8, 4) is 0 Å². The van der Waals surface area contributed by atoms with Crippen LogP contribution in [-0.2, 0) is 9.53 Å². The number of carbonyl (C=O) groups excluding carboxylic acids is 1. The number of benzene rings is 1. The molecule has 5 heteroatoms. The molecular weight excluding hydrogens is 314 g/mol. The average Bonchev–Trinajstić information content (AvgIpc) is 2.37. The van der Waals surface area contributed by atoms with Crippen molar-refractivity contribution in [1.29, 1.82) is 0 Å². The predicted molar refractivity (Wildman–Crippen MR) is 79.7 cm³/mol. The minimum Gasteiger partial charge on any atom is -0.466 e. The van der Waals surface area contributed by atoms with Crippen LogP contribution in [0.3, 0.4) is 0 Å². The molecule has 0 aliphatic carbocycles. The standard InChI is InChI=1S/C13H16BrNO2S/c1-3-9(13(16)17-2)6-7-18-12-8-10(14)4-5-11(12)15/h4-6,8H,3,7,15H2,1-2H3. The number of anilines is 1. The Balaban J connectivity index is 2.67. The van der Waals surface area contributed by atoms with Crippen LogP contribution >= 0.6 is 27.7 Å². The molecule has 0 aliphatic rings. The van der Waals surface area contributed by atoms with Crippen LogP contribution in [-0.4, -0.2) is 18.8 Å². The highest BCUT2D eigenvalue weighted by molar-refractivity contribution is 9.10. The van der Waals surface area contributed by atoms with Crippen LogP contribution in [0.25, 0.3) is 0 Å². The quantitative estimate of drug-likeness (QED) is 0.388. The van der Waals surface area contributed by atoms with Crippen molar-refractivity contribution >= 4 is 39.3 Å². The molecular formula is C13H16BrNO2S. The van der Waals surface area contributed by atoms with Crippen molar-refractivity contribution in [3.05, 3.63) is 34.3 Å². The molecule has 98 valence electrons. The van der Waals surface area contributed by atoms with Crippen molar-refractivity contribution in [2.45, 2.75) is 18.2 Å². The molecule has 3 nitrogen and oxygen atoms in total. The minimum absolute atomic E-state index is 0.264. The molecule has 0 atom stereocenters. The number of hydrogen-bond acceptors (Lipinski definition) is 4. The van der Waals surface area contributed by atoms with Gasteiger partial charge in [0, 0.05) is 26.4 Å². The SMILES string of the molecule is CCC(=CCSc1cc(Br)ccc1N)C(=O)OC. The summed E-state index contributed by atoms with van der Waals surface area (Å²) >= 11 is 5.00. The Morgan fingerprint density at radius 1 is 1.56 bits per heavy atom. The topological polar surface area (TPSA) is 52.3 Å². The van der Waals surface area contributed by atoms with Crippen LogP contribution in [0.2, 0.25) is 0 Å². The van der Waals surface area contributed by atoms with E-state index in [1.165, 1.54) is 7.11 Å². The smallest absolute Gasteiger partial charge is 0.333 e. The molecule has 2 N–H and O–H groups in total. The van der Waals surface area contributed by atoms with Gasteiger partial charge in [-0.15, -0.1) is 11.8 Å². The third-order valence-corrected chi connectivity index (χ3v) is 3.86. The van der Waals surface area contributed by atoms with Crippen molar-refractivity contribution in [3.63, 3.8) is 0 Å². The zero-order valence-electron chi connectivity index (χ0n) is 10.4. The summed E-state index contributed by atoms with van der Waals surface area (Å²) in [7, 11) is 1.39. The fourth-order valence-electron chi connectivity index (χ4n) is 1.37. The summed E-state index contributed by atoms with van der Waals surface area (Å²) in [6, 6.07) is 5.73. The Labute approximate surface area is 120 Å². The molecule has 0 aromatic heterocycles. The summed E-state index contributed by atoms with van der Waals surface area (Å²) in [6.07, 6.45) is 2.55. The highest BCUT2D eigenvalue weighted by Crippen LogP contribution is 2.28. The van der Waals surface area contributed by atoms with Gasteiger partial charge in [-0.3, -0.25) is 0 Å². The molecule has 0 fully saturated rings. The van der Waals surface area contributed by atoms with Gasteiger partial charge in [0.15, 0.2) is 0 Å². The summed E-state index contributed by atoms with van der Waals surface area (Å²) in [6.45, 7) is 1.93. The summed E-state index contributed by atoms with van der Waals surface area (Å²) in [5, 5.41) is 0. The summed E-state index contributed by atoms with van der Waals surface area (Å²) in [4.78, 5) is 12.4. The van der Waals surface area contributed by atoms with Gasteiger partial charge in [0.1, 0.15) is 0 Å². The first kappa shape index (κ1) is 15.1. The first-order valence-electron chi connectivity index (χ1n) is 5.53. The van der Waals surface area contributed by atoms with E-state index in [4.69, 9.17) is 10.5 Å². The second-order valence-corrected chi connectivity index (χ2v) is 5.55. The van der Waals surface area contributed by atoms with Crippen LogP contribution in [0.15, 0.2) is 39.2 Å². The predicted octanol–water partition coefficient (Wildman–Crippen LogP) is 3.63. The number of ether oxygens (including phenoxy) is 1. The second kappa shape index (κ2) is 7.48. The highest BCUT2D eigenvalue weighted by Gasteiger charge is 2.06. The van der Waals surface area contributed by atoms with Crippen LogP contribution < -0.4 is 5.73 Å². The summed E-state index contributed by atoms with van der Waals surface area (Å²) in [5.74, 6) is 0.430. The van der Waals surface area contributed by atoms with E-state index in [2.05, 4.69) is 15.9 Å². The third-order valence-electron chi connectivity index (χ3n) is 2.37. The van der Waals surface area contributed by atoms with Gasteiger partial charge in [0.25, 0.3) is 0 Å². The Hall–Kier alpha value is -0.940. The van der Waals surface area contributed by atoms with E-state index < -0.39 is 0 Å². The van der Waals surface area contributed by atoms with E-state index in [-0.39, 0.29) is 5.97 Å². The zero-order chi connectivity index (χ0) is 13.5. The Bertz CT molecular complexity index is 460. The lowest BCUT2D eigenvalue weighted by atomic mass is 10.2. The summed E-state index contributed by atoms with van der Waals surface area (Å²) in [5.41, 5.74) is 7.31. The van der Waals surface area contributed by atoms with Crippen LogP contribution in [0.4, 0.5) is 5.69 Å². The van der Waals surface area contributed by atoms with Crippen molar-refractivity contribution < 1.29 is 9.53 Å². The van der Waals surface area contributed by atoms with Gasteiger partial charge in [-0.25, -0.2) is 4.79 Å². The lowest BCUT2D eigenvalue weighted by Crippen LogP contribution is -2.04. The van der Waals surface area contributed by atoms with Crippen molar-refractivity contribution in [2.75, 3.05) is 18.6 Å². The zero-order valence-corrected chi connectivity index (χ0v) is 12.8. The van der Waals surface area contributed by atoms with E-state index in [1.807, 2.05) is 31.2 Å². The fraction of sp³-hybridized carbons (Fsp3) is 0.308. The molecule has 0 amide bonds. The first-order chi connectivity index (χ1) is 8.58. The monoisotopic (exact) mass is 329 g/mol. The molecule has 0 radical (unpaired) electrons. The van der Waals surface area contributed by atoms with Crippen LogP contribution in [0.1, 0.15) is 13.3 Å². The van der Waals surface area contributed by atoms with Crippen molar-refractivity contribution in [2.24, 2.45) is 0 Å². The van der Waals surface area contributed by atoms with E-state index in [0.29, 0.717) is 17.7 Å². The number of esters is 1. The average molecular weight is 330 g/mol. The van der Waals surface area contributed by atoms with E-state index in [1.54, 1.807) is 11.8 Å². The van der Waals surface area contributed by atoms with Gasteiger partial charge in [-0.1, -0.05) is 28.9 Å². The van der Waals surface area contributed by atoms with Gasteiger partial charge >= 0.3 is 5.97 Å². The van der Waals surface area contributed by atoms with E-state index in [9.17, 15) is 4.79 Å². The van der Waals surface area contributed by atoms with E-state index in [0.717, 1.165) is 15.1 Å². The van der Waals surface area contributed by atoms with E-state index >= 15 is 0 Å². The Morgan fingerprint density at radius 2 is 2.28 bits per heavy atom. The molecule has 0 saturated carbocycles. The molecule has 0 unspecified atom stereocenters. The number of carbonyl (C=O) groups is 1. The van der Waals surface area contributed by atoms with Gasteiger partial charge in [0.05, 0.1) is 7.11 Å². The lowest BCUT2D eigenvalue weighted by molar-refractivity contribution is -0.136. The van der Waals surface area contributed by atoms with Crippen molar-refractivity contribution in [1.82, 2.24) is 0 Å². The first-order valence-corrected chi connectivity index (χ1v) is 7.31. The number of nitrogen functional groups attached to an aromatic ring is 1. The molecule has 0 aliphatic heterocycles. The van der Waals surface area contributed by atoms with Crippen LogP contribution in [0, 0.1) is 0 Å². The largest absolute Gasteiger partial charge is 0.466 e. The lowest BCUT2D eigenvalue weighted by Gasteiger charge is -2.05. The molecule has 18 heavy (non-hydrogen) atoms. The molecule has 1 aromatic carbocycles. The molecule has 1 rings (SSSR count). The Morgan fingerprint density at radius 3 is 2.89 bits per heavy atom. The number of thioether (sulfide) groups is 1. The number of halogens is 1. The number of hydrogen-bond donors (Lipinski definition) is 1. The Kier molecular flexibility index (Phi) is 6.29. The minimum atomic E-state index is -0.264. The molecule has 0 heterocycles. The number of rotatable bonds is 5. The maximum Gasteiger partial charge on any atom is 0.333 e. The molecule has 1 aromatic rings. The van der Waals surface area contributed by atoms with Gasteiger partial charge < -0.3 is 10.5 Å². The fourth-order valence-corrected chi connectivity index (χ4v) is 2.79. The maximum atomic E-state index is 11.4. The number of methoxy groups -OCH3 is 1.